The van der Waals surface area contributed by atoms with Gasteiger partial charge in [0.1, 0.15) is 12.3 Å². The molecule has 1 saturated heterocycles. The van der Waals surface area contributed by atoms with E-state index in [0.717, 1.165) is 54.1 Å². The number of ketones is 1. The number of carbonyl (C=O) groups excluding carboxylic acids is 1. The number of rotatable bonds is 9. The number of aliphatic carboxylic acids is 1. The highest BCUT2D eigenvalue weighted by Gasteiger charge is 2.38. The van der Waals surface area contributed by atoms with Crippen molar-refractivity contribution in [1.82, 2.24) is 19.4 Å². The number of Topliss-reactive ketones (excluding diaryl/α,β-unsaturated/α-hetero) is 1. The molecule has 0 aliphatic carbocycles. The van der Waals surface area contributed by atoms with Gasteiger partial charge in [-0.3, -0.25) is 9.79 Å². The second-order valence-corrected chi connectivity index (χ2v) is 12.2. The molecule has 1 aliphatic rings. The van der Waals surface area contributed by atoms with E-state index < -0.39 is 12.1 Å². The lowest BCUT2D eigenvalue weighted by Crippen LogP contribution is -2.37. The zero-order valence-electron chi connectivity index (χ0n) is 28.5. The van der Waals surface area contributed by atoms with Crippen LogP contribution in [0.25, 0.3) is 5.65 Å². The Balaban J connectivity index is 0.000000771. The number of halogens is 3. The third-order valence-electron chi connectivity index (χ3n) is 7.93. The van der Waals surface area contributed by atoms with E-state index in [-0.39, 0.29) is 23.8 Å². The molecule has 1 aromatic carbocycles. The first-order valence-corrected chi connectivity index (χ1v) is 15.4. The van der Waals surface area contributed by atoms with E-state index in [1.165, 1.54) is 0 Å². The Kier molecular flexibility index (Phi) is 12.1. The highest BCUT2D eigenvalue weighted by molar-refractivity contribution is 5.98. The first-order valence-electron chi connectivity index (χ1n) is 15.4. The zero-order chi connectivity index (χ0) is 35.3. The minimum absolute atomic E-state index is 0.0235. The molecule has 1 N–H and O–H groups in total. The summed E-state index contributed by atoms with van der Waals surface area (Å²) in [5.41, 5.74) is 5.30. The zero-order valence-corrected chi connectivity index (χ0v) is 28.5. The summed E-state index contributed by atoms with van der Waals surface area (Å²) in [4.78, 5) is 29.5. The van der Waals surface area contributed by atoms with E-state index in [4.69, 9.17) is 34.3 Å². The van der Waals surface area contributed by atoms with E-state index in [9.17, 15) is 18.0 Å². The Labute approximate surface area is 272 Å². The van der Waals surface area contributed by atoms with Crippen LogP contribution in [0.15, 0.2) is 17.1 Å². The van der Waals surface area contributed by atoms with Crippen LogP contribution in [0.3, 0.4) is 0 Å². The number of carboxylic acids is 1. The molecule has 12 nitrogen and oxygen atoms in total. The van der Waals surface area contributed by atoms with Crippen LogP contribution < -0.4 is 20.0 Å². The summed E-state index contributed by atoms with van der Waals surface area (Å²) in [6, 6.07) is 3.90. The van der Waals surface area contributed by atoms with Gasteiger partial charge in [0.05, 0.1) is 32.1 Å². The maximum absolute atomic E-state index is 13.9. The van der Waals surface area contributed by atoms with Gasteiger partial charge in [-0.15, -0.1) is 10.2 Å². The summed E-state index contributed by atoms with van der Waals surface area (Å²) < 4.78 is 52.8. The molecule has 0 spiro atoms. The maximum atomic E-state index is 13.9. The third-order valence-corrected chi connectivity index (χ3v) is 7.93. The maximum Gasteiger partial charge on any atom is 0.490 e. The Hall–Kier alpha value is -4.14. The predicted octanol–water partition coefficient (Wildman–Crippen LogP) is 4.90. The number of anilines is 1. The minimum atomic E-state index is -5.08. The number of ether oxygens (including phenoxy) is 3. The van der Waals surface area contributed by atoms with Crippen LogP contribution in [0.4, 0.5) is 18.9 Å². The summed E-state index contributed by atoms with van der Waals surface area (Å²) in [7, 11) is 3.38. The predicted molar refractivity (Wildman–Crippen MR) is 170 cm³/mol. The van der Waals surface area contributed by atoms with E-state index in [1.54, 1.807) is 23.4 Å². The van der Waals surface area contributed by atoms with Crippen LogP contribution in [0, 0.1) is 13.8 Å². The second kappa shape index (κ2) is 15.2. The van der Waals surface area contributed by atoms with Crippen LogP contribution in [-0.2, 0) is 21.5 Å². The van der Waals surface area contributed by atoms with Gasteiger partial charge in [-0.05, 0) is 44.2 Å². The topological polar surface area (TPSA) is 133 Å². The number of fused-ring (bicyclic) bond motifs is 1. The van der Waals surface area contributed by atoms with Gasteiger partial charge in [-0.2, -0.15) is 17.7 Å². The Morgan fingerprint density at radius 2 is 1.66 bits per heavy atom. The van der Waals surface area contributed by atoms with Gasteiger partial charge in [0, 0.05) is 42.4 Å². The number of carbonyl (C=O) groups is 2. The number of aryl methyl sites for hydroxylation is 1. The number of alkyl halides is 3. The number of methoxy groups -OCH3 is 1. The molecule has 47 heavy (non-hydrogen) atoms. The molecule has 0 atom stereocenters. The highest BCUT2D eigenvalue weighted by atomic mass is 19.4. The van der Waals surface area contributed by atoms with Gasteiger partial charge in [0.2, 0.25) is 11.5 Å². The average Bonchev–Trinajstić information content (AvgIpc) is 3.37. The SMILES string of the molecule is CCC(CC)Oc1nn2c(=NC)n(CC(=O)c3cc(N4CCOCC4)c(OC)c(C(C)(C)C)c3)nc2c(C)c1C.O=C(O)C(F)(F)F. The molecule has 4 rings (SSSR count). The van der Waals surface area contributed by atoms with E-state index in [1.807, 2.05) is 26.0 Å². The summed E-state index contributed by atoms with van der Waals surface area (Å²) in [6.07, 6.45) is -3.22. The van der Waals surface area contributed by atoms with Crippen LogP contribution in [0.1, 0.15) is 74.5 Å². The van der Waals surface area contributed by atoms with Gasteiger partial charge in [0.15, 0.2) is 11.4 Å². The smallest absolute Gasteiger partial charge is 0.490 e. The number of carboxylic acid groups (broad SMARTS) is 1. The molecule has 15 heteroatoms. The van der Waals surface area contributed by atoms with E-state index in [2.05, 4.69) is 44.5 Å². The van der Waals surface area contributed by atoms with Crippen molar-refractivity contribution in [3.63, 3.8) is 0 Å². The normalized spacial score (nSPS) is 14.3. The summed E-state index contributed by atoms with van der Waals surface area (Å²) in [5.74, 6) is -1.45. The fraction of sp³-hybridized carbons (Fsp3) is 0.594. The number of benzene rings is 1. The van der Waals surface area contributed by atoms with E-state index in [0.29, 0.717) is 35.9 Å². The number of aromatic nitrogens is 4. The summed E-state index contributed by atoms with van der Waals surface area (Å²) in [5, 5.41) is 16.7. The van der Waals surface area contributed by atoms with Crippen molar-refractivity contribution in [3.05, 3.63) is 40.0 Å². The standard InChI is InChI=1S/C30H44N6O4.C2HF3O2/c1-10-22(11-2)40-28-20(4)19(3)27-32-35(29(31-8)36(27)33-28)18-25(37)21-16-23(30(5,6)7)26(38-9)24(17-21)34-12-14-39-15-13-34;3-2(4,5)1(6)7/h16-17,22H,10-15,18H2,1-9H3;(H,6,7). The fourth-order valence-electron chi connectivity index (χ4n) is 5.08. The van der Waals surface area contributed by atoms with Crippen LogP contribution >= 0.6 is 0 Å². The molecule has 260 valence electrons. The summed E-state index contributed by atoms with van der Waals surface area (Å²) in [6.45, 7) is 17.4. The van der Waals surface area contributed by atoms with E-state index >= 15 is 0 Å². The molecule has 0 amide bonds. The number of nitrogens with zero attached hydrogens (tertiary/aromatic N) is 6. The molecular formula is C32H45F3N6O6. The molecule has 1 aliphatic heterocycles. The Morgan fingerprint density at radius 1 is 1.06 bits per heavy atom. The monoisotopic (exact) mass is 666 g/mol. The van der Waals surface area contributed by atoms with Crippen molar-refractivity contribution in [2.75, 3.05) is 45.4 Å². The summed E-state index contributed by atoms with van der Waals surface area (Å²) >= 11 is 0. The van der Waals surface area contributed by atoms with Gasteiger partial charge >= 0.3 is 12.1 Å². The molecule has 0 saturated carbocycles. The molecule has 1 fully saturated rings. The Morgan fingerprint density at radius 3 is 2.15 bits per heavy atom. The van der Waals surface area contributed by atoms with Crippen molar-refractivity contribution in [2.45, 2.75) is 85.5 Å². The van der Waals surface area contributed by atoms with Crippen molar-refractivity contribution in [3.8, 4) is 11.6 Å². The molecule has 0 radical (unpaired) electrons. The third kappa shape index (κ3) is 8.62. The van der Waals surface area contributed by atoms with Gasteiger partial charge < -0.3 is 24.2 Å². The van der Waals surface area contributed by atoms with Crippen molar-refractivity contribution < 1.29 is 42.1 Å². The number of hydrogen-bond acceptors (Lipinski definition) is 9. The minimum Gasteiger partial charge on any atom is -0.494 e. The van der Waals surface area contributed by atoms with Crippen molar-refractivity contribution in [1.29, 1.82) is 0 Å². The van der Waals surface area contributed by atoms with Gasteiger partial charge in [-0.25, -0.2) is 9.48 Å². The highest BCUT2D eigenvalue weighted by Crippen LogP contribution is 2.40. The Bertz CT molecular complexity index is 1650. The molecule has 3 heterocycles. The molecule has 2 aromatic heterocycles. The quantitative estimate of drug-likeness (QED) is 0.317. The van der Waals surface area contributed by atoms with Crippen LogP contribution in [-0.4, -0.2) is 89.0 Å². The van der Waals surface area contributed by atoms with Gasteiger partial charge in [0.25, 0.3) is 0 Å². The number of morpholine rings is 1. The lowest BCUT2D eigenvalue weighted by Gasteiger charge is -2.33. The first kappa shape index (κ1) is 37.3. The lowest BCUT2D eigenvalue weighted by molar-refractivity contribution is -0.192. The molecule has 3 aromatic rings. The van der Waals surface area contributed by atoms with Gasteiger partial charge in [-0.1, -0.05) is 34.6 Å². The average molecular weight is 667 g/mol. The molecule has 0 unspecified atom stereocenters. The van der Waals surface area contributed by atoms with Crippen molar-refractivity contribution in [2.24, 2.45) is 4.99 Å². The van der Waals surface area contributed by atoms with Crippen LogP contribution in [0.2, 0.25) is 0 Å². The molecular weight excluding hydrogens is 621 g/mol. The van der Waals surface area contributed by atoms with Crippen molar-refractivity contribution >= 4 is 23.1 Å². The first-order chi connectivity index (χ1) is 22.0. The lowest BCUT2D eigenvalue weighted by atomic mass is 9.84. The molecule has 0 bridgehead atoms. The fourth-order valence-corrected chi connectivity index (χ4v) is 5.08. The van der Waals surface area contributed by atoms with Crippen LogP contribution in [0.5, 0.6) is 11.6 Å². The number of hydrogen-bond donors (Lipinski definition) is 1. The largest absolute Gasteiger partial charge is 0.494 e. The second-order valence-electron chi connectivity index (χ2n) is 12.2.